The fraction of sp³-hybridized carbons (Fsp3) is 0.444. The molecule has 0 saturated heterocycles. The molecule has 0 aliphatic carbocycles. The van der Waals surface area contributed by atoms with Crippen molar-refractivity contribution in [2.24, 2.45) is 0 Å². The molecule has 0 amide bonds. The van der Waals surface area contributed by atoms with Crippen LogP contribution in [0.5, 0.6) is 0 Å². The molecule has 2 N–H and O–H groups in total. The molecule has 3 nitrogen and oxygen atoms in total. The van der Waals surface area contributed by atoms with E-state index in [-0.39, 0.29) is 5.41 Å². The predicted molar refractivity (Wildman–Crippen MR) is 89.3 cm³/mol. The summed E-state index contributed by atoms with van der Waals surface area (Å²) in [6, 6.07) is 8.57. The SMILES string of the molecule is CCCc1cccc(-c2nc(C(C)(C)C)nc(N)c2C)c1. The van der Waals surface area contributed by atoms with E-state index in [1.807, 2.05) is 6.92 Å². The zero-order chi connectivity index (χ0) is 15.6. The second-order valence-corrected chi connectivity index (χ2v) is 6.61. The quantitative estimate of drug-likeness (QED) is 0.914. The predicted octanol–water partition coefficient (Wildman–Crippen LogP) is 4.28. The first-order chi connectivity index (χ1) is 9.82. The van der Waals surface area contributed by atoms with Gasteiger partial charge in [0.15, 0.2) is 0 Å². The Morgan fingerprint density at radius 2 is 1.86 bits per heavy atom. The molecule has 0 aliphatic heterocycles. The van der Waals surface area contributed by atoms with Gasteiger partial charge < -0.3 is 5.73 Å². The lowest BCUT2D eigenvalue weighted by molar-refractivity contribution is 0.546. The van der Waals surface area contributed by atoms with Gasteiger partial charge in [-0.3, -0.25) is 0 Å². The van der Waals surface area contributed by atoms with Gasteiger partial charge in [-0.2, -0.15) is 0 Å². The van der Waals surface area contributed by atoms with Gasteiger partial charge in [-0.1, -0.05) is 52.3 Å². The molecule has 3 heteroatoms. The highest BCUT2D eigenvalue weighted by Gasteiger charge is 2.20. The Morgan fingerprint density at radius 3 is 2.48 bits per heavy atom. The lowest BCUT2D eigenvalue weighted by Gasteiger charge is -2.19. The van der Waals surface area contributed by atoms with Crippen LogP contribution in [0.1, 0.15) is 51.1 Å². The maximum absolute atomic E-state index is 6.10. The average molecular weight is 283 g/mol. The maximum Gasteiger partial charge on any atom is 0.136 e. The van der Waals surface area contributed by atoms with Crippen molar-refractivity contribution in [3.63, 3.8) is 0 Å². The van der Waals surface area contributed by atoms with Crippen molar-refractivity contribution in [3.05, 3.63) is 41.2 Å². The minimum atomic E-state index is -0.113. The van der Waals surface area contributed by atoms with Gasteiger partial charge in [0.2, 0.25) is 0 Å². The minimum Gasteiger partial charge on any atom is -0.383 e. The van der Waals surface area contributed by atoms with Gasteiger partial charge in [0.25, 0.3) is 0 Å². The molecular formula is C18H25N3. The Morgan fingerprint density at radius 1 is 1.14 bits per heavy atom. The highest BCUT2D eigenvalue weighted by Crippen LogP contribution is 2.29. The number of nitrogens with two attached hydrogens (primary N) is 1. The Bertz CT molecular complexity index is 639. The first-order valence-corrected chi connectivity index (χ1v) is 7.57. The molecule has 2 rings (SSSR count). The minimum absolute atomic E-state index is 0.113. The van der Waals surface area contributed by atoms with E-state index in [0.717, 1.165) is 35.5 Å². The zero-order valence-electron chi connectivity index (χ0n) is 13.7. The molecule has 0 bridgehead atoms. The van der Waals surface area contributed by atoms with Crippen LogP contribution in [0.2, 0.25) is 0 Å². The highest BCUT2D eigenvalue weighted by atomic mass is 15.0. The number of rotatable bonds is 3. The molecule has 0 radical (unpaired) electrons. The van der Waals surface area contributed by atoms with Crippen LogP contribution in [0.4, 0.5) is 5.82 Å². The first kappa shape index (κ1) is 15.5. The number of aromatic nitrogens is 2. The van der Waals surface area contributed by atoms with Crippen molar-refractivity contribution in [2.75, 3.05) is 5.73 Å². The van der Waals surface area contributed by atoms with Crippen molar-refractivity contribution >= 4 is 5.82 Å². The summed E-state index contributed by atoms with van der Waals surface area (Å²) >= 11 is 0. The van der Waals surface area contributed by atoms with Crippen LogP contribution in [-0.2, 0) is 11.8 Å². The lowest BCUT2D eigenvalue weighted by Crippen LogP contribution is -2.18. The van der Waals surface area contributed by atoms with Gasteiger partial charge in [-0.15, -0.1) is 0 Å². The Labute approximate surface area is 127 Å². The third-order valence-corrected chi connectivity index (χ3v) is 3.59. The van der Waals surface area contributed by atoms with E-state index < -0.39 is 0 Å². The number of hydrogen-bond acceptors (Lipinski definition) is 3. The molecule has 0 fully saturated rings. The Hall–Kier alpha value is -1.90. The summed E-state index contributed by atoms with van der Waals surface area (Å²) in [5.41, 5.74) is 10.4. The summed E-state index contributed by atoms with van der Waals surface area (Å²) in [6.45, 7) is 10.5. The van der Waals surface area contributed by atoms with Crippen LogP contribution in [0.3, 0.4) is 0 Å². The second-order valence-electron chi connectivity index (χ2n) is 6.61. The third-order valence-electron chi connectivity index (χ3n) is 3.59. The Kier molecular flexibility index (Phi) is 4.31. The monoisotopic (exact) mass is 283 g/mol. The molecule has 1 heterocycles. The lowest BCUT2D eigenvalue weighted by atomic mass is 9.94. The van der Waals surface area contributed by atoms with E-state index in [9.17, 15) is 0 Å². The van der Waals surface area contributed by atoms with Crippen LogP contribution < -0.4 is 5.73 Å². The summed E-state index contributed by atoms with van der Waals surface area (Å²) in [5, 5.41) is 0. The van der Waals surface area contributed by atoms with E-state index in [1.165, 1.54) is 5.56 Å². The third kappa shape index (κ3) is 3.41. The highest BCUT2D eigenvalue weighted by molar-refractivity contribution is 5.68. The Balaban J connectivity index is 2.57. The number of nitrogen functional groups attached to an aromatic ring is 1. The van der Waals surface area contributed by atoms with E-state index >= 15 is 0 Å². The largest absolute Gasteiger partial charge is 0.383 e. The van der Waals surface area contributed by atoms with Crippen LogP contribution in [-0.4, -0.2) is 9.97 Å². The van der Waals surface area contributed by atoms with Crippen LogP contribution in [0.15, 0.2) is 24.3 Å². The summed E-state index contributed by atoms with van der Waals surface area (Å²) < 4.78 is 0. The standard InChI is InChI=1S/C18H25N3/c1-6-8-13-9-7-10-14(11-13)15-12(2)16(19)21-17(20-15)18(3,4)5/h7,9-11H,6,8H2,1-5H3,(H2,19,20,21). The molecule has 0 spiro atoms. The number of benzene rings is 1. The second kappa shape index (κ2) is 5.84. The topological polar surface area (TPSA) is 51.8 Å². The van der Waals surface area contributed by atoms with Crippen molar-refractivity contribution in [1.82, 2.24) is 9.97 Å². The number of hydrogen-bond donors (Lipinski definition) is 1. The average Bonchev–Trinajstić information content (AvgIpc) is 2.41. The van der Waals surface area contributed by atoms with Crippen molar-refractivity contribution < 1.29 is 0 Å². The maximum atomic E-state index is 6.10. The molecule has 21 heavy (non-hydrogen) atoms. The van der Waals surface area contributed by atoms with Crippen molar-refractivity contribution in [3.8, 4) is 11.3 Å². The summed E-state index contributed by atoms with van der Waals surface area (Å²) in [6.07, 6.45) is 2.22. The molecule has 112 valence electrons. The number of nitrogens with zero attached hydrogens (tertiary/aromatic N) is 2. The zero-order valence-corrected chi connectivity index (χ0v) is 13.7. The van der Waals surface area contributed by atoms with E-state index in [4.69, 9.17) is 10.7 Å². The normalized spacial score (nSPS) is 11.7. The summed E-state index contributed by atoms with van der Waals surface area (Å²) in [7, 11) is 0. The van der Waals surface area contributed by atoms with E-state index in [2.05, 4.69) is 56.9 Å². The molecule has 1 aromatic carbocycles. The molecule has 0 aliphatic rings. The van der Waals surface area contributed by atoms with Crippen LogP contribution >= 0.6 is 0 Å². The molecule has 2 aromatic rings. The summed E-state index contributed by atoms with van der Waals surface area (Å²) in [5.74, 6) is 1.37. The number of aryl methyl sites for hydroxylation is 1. The molecule has 0 atom stereocenters. The van der Waals surface area contributed by atoms with Gasteiger partial charge in [0.05, 0.1) is 5.69 Å². The van der Waals surface area contributed by atoms with Gasteiger partial charge in [0, 0.05) is 16.5 Å². The van der Waals surface area contributed by atoms with Crippen molar-refractivity contribution in [2.45, 2.75) is 52.9 Å². The van der Waals surface area contributed by atoms with Gasteiger partial charge in [0.1, 0.15) is 11.6 Å². The number of anilines is 1. The van der Waals surface area contributed by atoms with Crippen LogP contribution in [0, 0.1) is 6.92 Å². The smallest absolute Gasteiger partial charge is 0.136 e. The first-order valence-electron chi connectivity index (χ1n) is 7.57. The van der Waals surface area contributed by atoms with Gasteiger partial charge in [-0.05, 0) is 25.0 Å². The van der Waals surface area contributed by atoms with Gasteiger partial charge >= 0.3 is 0 Å². The van der Waals surface area contributed by atoms with Crippen LogP contribution in [0.25, 0.3) is 11.3 Å². The fourth-order valence-electron chi connectivity index (χ4n) is 2.31. The summed E-state index contributed by atoms with van der Waals surface area (Å²) in [4.78, 5) is 9.24. The molecular weight excluding hydrogens is 258 g/mol. The van der Waals surface area contributed by atoms with Crippen molar-refractivity contribution in [1.29, 1.82) is 0 Å². The molecule has 0 saturated carbocycles. The van der Waals surface area contributed by atoms with Gasteiger partial charge in [-0.25, -0.2) is 9.97 Å². The molecule has 1 aromatic heterocycles. The van der Waals surface area contributed by atoms with E-state index in [1.54, 1.807) is 0 Å². The van der Waals surface area contributed by atoms with E-state index in [0.29, 0.717) is 5.82 Å². The fourth-order valence-corrected chi connectivity index (χ4v) is 2.31. The molecule has 0 unspecified atom stereocenters.